The molecule has 1 aliphatic heterocycles. The minimum absolute atomic E-state index is 0.0516. The van der Waals surface area contributed by atoms with Crippen molar-refractivity contribution in [3.63, 3.8) is 0 Å². The molecule has 4 aromatic rings. The van der Waals surface area contributed by atoms with E-state index < -0.39 is 27.5 Å². The number of piperazine rings is 1. The average molecular weight is 555 g/mol. The number of nitrogens with zero attached hydrogens (tertiary/aromatic N) is 3. The molecule has 3 aromatic carbocycles. The number of fused-ring (bicyclic) bond motifs is 1. The van der Waals surface area contributed by atoms with E-state index in [0.29, 0.717) is 47.9 Å². The van der Waals surface area contributed by atoms with E-state index in [9.17, 15) is 26.4 Å². The fourth-order valence-corrected chi connectivity index (χ4v) is 5.99. The molecule has 1 atom stereocenters. The van der Waals surface area contributed by atoms with Crippen molar-refractivity contribution in [3.05, 3.63) is 102 Å². The number of rotatable bonds is 6. The van der Waals surface area contributed by atoms with Gasteiger partial charge in [-0.1, -0.05) is 18.2 Å². The van der Waals surface area contributed by atoms with Crippen molar-refractivity contribution in [1.29, 1.82) is 0 Å². The minimum atomic E-state index is -3.93. The fraction of sp³-hybridized carbons (Fsp3) is 0.214. The molecule has 39 heavy (non-hydrogen) atoms. The Morgan fingerprint density at radius 1 is 0.974 bits per heavy atom. The van der Waals surface area contributed by atoms with E-state index in [0.717, 1.165) is 6.07 Å². The van der Waals surface area contributed by atoms with Gasteiger partial charge in [-0.3, -0.25) is 19.4 Å². The predicted octanol–water partition coefficient (Wildman–Crippen LogP) is 4.80. The Kier molecular flexibility index (Phi) is 7.28. The molecule has 0 bridgehead atoms. The van der Waals surface area contributed by atoms with Crippen LogP contribution in [0.5, 0.6) is 0 Å². The number of carbonyl (C=O) groups excluding carboxylic acids is 1. The molecule has 1 N–H and O–H groups in total. The molecule has 202 valence electrons. The third-order valence-corrected chi connectivity index (χ3v) is 8.14. The Hall–Kier alpha value is -3.96. The van der Waals surface area contributed by atoms with Gasteiger partial charge in [-0.2, -0.15) is 0 Å². The number of pyridine rings is 1. The molecule has 5 rings (SSSR count). The summed E-state index contributed by atoms with van der Waals surface area (Å²) in [5, 5.41) is 0.700. The largest absolute Gasteiger partial charge is 0.333 e. The number of carbonyl (C=O) groups is 1. The third kappa shape index (κ3) is 5.59. The molecular formula is C28H25F3N4O3S. The zero-order valence-electron chi connectivity index (χ0n) is 20.9. The number of halogens is 3. The second-order valence-corrected chi connectivity index (χ2v) is 11.1. The minimum Gasteiger partial charge on any atom is -0.333 e. The van der Waals surface area contributed by atoms with Gasteiger partial charge in [0.25, 0.3) is 15.9 Å². The van der Waals surface area contributed by atoms with Gasteiger partial charge in [0, 0.05) is 66.7 Å². The fourth-order valence-electron chi connectivity index (χ4n) is 4.75. The molecule has 0 saturated carbocycles. The summed E-state index contributed by atoms with van der Waals surface area (Å²) in [6, 6.07) is 15.8. The van der Waals surface area contributed by atoms with Crippen molar-refractivity contribution >= 4 is 32.5 Å². The molecule has 1 aliphatic rings. The van der Waals surface area contributed by atoms with Gasteiger partial charge in [-0.05, 0) is 49.4 Å². The summed E-state index contributed by atoms with van der Waals surface area (Å²) < 4.78 is 69.5. The van der Waals surface area contributed by atoms with Crippen LogP contribution in [0, 0.1) is 17.5 Å². The van der Waals surface area contributed by atoms with Crippen LogP contribution in [0.25, 0.3) is 10.9 Å². The van der Waals surface area contributed by atoms with Crippen LogP contribution in [-0.2, 0) is 16.6 Å². The highest BCUT2D eigenvalue weighted by atomic mass is 32.2. The number of anilines is 1. The van der Waals surface area contributed by atoms with Crippen LogP contribution in [0.1, 0.15) is 22.8 Å². The summed E-state index contributed by atoms with van der Waals surface area (Å²) in [4.78, 5) is 21.0. The van der Waals surface area contributed by atoms with Gasteiger partial charge in [-0.15, -0.1) is 0 Å². The summed E-state index contributed by atoms with van der Waals surface area (Å²) in [6.45, 7) is 3.14. The Balaban J connectivity index is 1.24. The summed E-state index contributed by atoms with van der Waals surface area (Å²) in [7, 11) is -3.93. The van der Waals surface area contributed by atoms with Crippen LogP contribution in [-0.4, -0.2) is 54.8 Å². The van der Waals surface area contributed by atoms with Crippen molar-refractivity contribution in [2.45, 2.75) is 24.4 Å². The highest BCUT2D eigenvalue weighted by Crippen LogP contribution is 2.24. The van der Waals surface area contributed by atoms with Crippen LogP contribution in [0.15, 0.2) is 77.8 Å². The number of amides is 1. The smallest absolute Gasteiger partial charge is 0.264 e. The van der Waals surface area contributed by atoms with Crippen molar-refractivity contribution in [1.82, 2.24) is 14.8 Å². The van der Waals surface area contributed by atoms with Gasteiger partial charge in [0.15, 0.2) is 11.6 Å². The Labute approximate surface area is 223 Å². The van der Waals surface area contributed by atoms with Gasteiger partial charge in [0.05, 0.1) is 5.52 Å². The third-order valence-electron chi connectivity index (χ3n) is 6.73. The number of para-hydroxylation sites is 1. The lowest BCUT2D eigenvalue weighted by atomic mass is 10.1. The van der Waals surface area contributed by atoms with Crippen LogP contribution in [0.4, 0.5) is 18.9 Å². The summed E-state index contributed by atoms with van der Waals surface area (Å²) >= 11 is 0. The Morgan fingerprint density at radius 3 is 2.44 bits per heavy atom. The first-order valence-electron chi connectivity index (χ1n) is 12.3. The standard InChI is InChI=1S/C28H25F3N4O3S/c1-18-16-34(17-21-14-24(30)25(31)15-23(21)29)12-13-35(18)28(36)20-7-9-22(10-8-20)33-39(37,38)26-6-2-4-19-5-3-11-32-27(19)26/h2-11,14-15,18,33H,12-13,16-17H2,1H3. The van der Waals surface area contributed by atoms with E-state index in [-0.39, 0.29) is 29.0 Å². The second-order valence-electron chi connectivity index (χ2n) is 9.45. The van der Waals surface area contributed by atoms with Crippen LogP contribution in [0.2, 0.25) is 0 Å². The number of nitrogens with one attached hydrogen (secondary N) is 1. The van der Waals surface area contributed by atoms with E-state index in [1.807, 2.05) is 11.8 Å². The van der Waals surface area contributed by atoms with Crippen LogP contribution >= 0.6 is 0 Å². The zero-order valence-corrected chi connectivity index (χ0v) is 21.8. The molecule has 2 heterocycles. The maximum atomic E-state index is 14.1. The zero-order chi connectivity index (χ0) is 27.7. The van der Waals surface area contributed by atoms with E-state index in [1.54, 1.807) is 41.3 Å². The van der Waals surface area contributed by atoms with E-state index in [1.165, 1.54) is 24.4 Å². The number of hydrogen-bond acceptors (Lipinski definition) is 5. The van der Waals surface area contributed by atoms with Gasteiger partial charge in [0.1, 0.15) is 10.7 Å². The summed E-state index contributed by atoms with van der Waals surface area (Å²) in [6.07, 6.45) is 1.53. The molecule has 0 aliphatic carbocycles. The molecule has 1 unspecified atom stereocenters. The lowest BCUT2D eigenvalue weighted by Gasteiger charge is -2.40. The quantitative estimate of drug-likeness (QED) is 0.347. The number of sulfonamides is 1. The van der Waals surface area contributed by atoms with Crippen molar-refractivity contribution < 1.29 is 26.4 Å². The maximum absolute atomic E-state index is 14.1. The van der Waals surface area contributed by atoms with E-state index in [2.05, 4.69) is 9.71 Å². The van der Waals surface area contributed by atoms with Crippen molar-refractivity contribution in [2.75, 3.05) is 24.4 Å². The van der Waals surface area contributed by atoms with Crippen LogP contribution < -0.4 is 4.72 Å². The molecular weight excluding hydrogens is 529 g/mol. The Morgan fingerprint density at radius 2 is 1.69 bits per heavy atom. The first-order valence-corrected chi connectivity index (χ1v) is 13.7. The highest BCUT2D eigenvalue weighted by Gasteiger charge is 2.29. The normalized spacial score (nSPS) is 16.4. The molecule has 0 radical (unpaired) electrons. The first kappa shape index (κ1) is 26.6. The van der Waals surface area contributed by atoms with Gasteiger partial charge in [-0.25, -0.2) is 21.6 Å². The maximum Gasteiger partial charge on any atom is 0.264 e. The molecule has 1 fully saturated rings. The number of benzene rings is 3. The molecule has 11 heteroatoms. The van der Waals surface area contributed by atoms with Crippen molar-refractivity contribution in [3.8, 4) is 0 Å². The molecule has 1 aromatic heterocycles. The summed E-state index contributed by atoms with van der Waals surface area (Å²) in [5.74, 6) is -3.38. The highest BCUT2D eigenvalue weighted by molar-refractivity contribution is 7.93. The van der Waals surface area contributed by atoms with Gasteiger partial charge >= 0.3 is 0 Å². The SMILES string of the molecule is CC1CN(Cc2cc(F)c(F)cc2F)CCN1C(=O)c1ccc(NS(=O)(=O)c2cccc3cccnc23)cc1. The summed E-state index contributed by atoms with van der Waals surface area (Å²) in [5.41, 5.74) is 1.10. The van der Waals surface area contributed by atoms with Crippen LogP contribution in [0.3, 0.4) is 0 Å². The molecule has 1 saturated heterocycles. The van der Waals surface area contributed by atoms with Gasteiger partial charge in [0.2, 0.25) is 0 Å². The topological polar surface area (TPSA) is 82.6 Å². The monoisotopic (exact) mass is 554 g/mol. The van der Waals surface area contributed by atoms with Crippen molar-refractivity contribution in [2.24, 2.45) is 0 Å². The molecule has 7 nitrogen and oxygen atoms in total. The molecule has 0 spiro atoms. The lowest BCUT2D eigenvalue weighted by molar-refractivity contribution is 0.0473. The second kappa shape index (κ2) is 10.7. The first-order chi connectivity index (χ1) is 18.6. The lowest BCUT2D eigenvalue weighted by Crippen LogP contribution is -2.53. The average Bonchev–Trinajstić information content (AvgIpc) is 2.91. The van der Waals surface area contributed by atoms with Gasteiger partial charge < -0.3 is 4.90 Å². The molecule has 1 amide bonds. The Bertz CT molecular complexity index is 1640. The van der Waals surface area contributed by atoms with E-state index >= 15 is 0 Å². The number of aromatic nitrogens is 1. The van der Waals surface area contributed by atoms with E-state index in [4.69, 9.17) is 0 Å². The number of hydrogen-bond donors (Lipinski definition) is 1. The predicted molar refractivity (Wildman–Crippen MR) is 141 cm³/mol.